The number of hydrogen-bond acceptors (Lipinski definition) is 2. The molecule has 2 N–H and O–H groups in total. The molecule has 18 heavy (non-hydrogen) atoms. The van der Waals surface area contributed by atoms with E-state index in [0.717, 1.165) is 10.6 Å². The Bertz CT molecular complexity index is 494. The molecule has 96 valence electrons. The van der Waals surface area contributed by atoms with E-state index in [9.17, 15) is 4.79 Å². The van der Waals surface area contributed by atoms with Crippen molar-refractivity contribution in [2.75, 3.05) is 19.4 Å². The molecule has 0 fully saturated rings. The topological polar surface area (TPSA) is 33.5 Å². The van der Waals surface area contributed by atoms with Crippen LogP contribution in [0, 0.1) is 0 Å². The van der Waals surface area contributed by atoms with Crippen LogP contribution in [0.2, 0.25) is 0 Å². The van der Waals surface area contributed by atoms with E-state index in [4.69, 9.17) is 0 Å². The number of benzene rings is 1. The van der Waals surface area contributed by atoms with Gasteiger partial charge in [0.05, 0.1) is 19.0 Å². The Morgan fingerprint density at radius 1 is 1.17 bits per heavy atom. The molecule has 1 aromatic heterocycles. The van der Waals surface area contributed by atoms with Crippen molar-refractivity contribution in [1.29, 1.82) is 0 Å². The zero-order chi connectivity index (χ0) is 12.3. The zero-order valence-electron chi connectivity index (χ0n) is 10.2. The average Bonchev–Trinajstić information content (AvgIpc) is 2.83. The SMILES string of the molecule is C[NH+](C)c1ccc(NC(=O)c2cccs2)cc1.[Cl-]. The first-order chi connectivity index (χ1) is 8.16. The number of amides is 1. The number of thiophene rings is 1. The van der Waals surface area contributed by atoms with Crippen LogP contribution in [0.3, 0.4) is 0 Å². The van der Waals surface area contributed by atoms with E-state index in [1.807, 2.05) is 41.8 Å². The third kappa shape index (κ3) is 3.57. The van der Waals surface area contributed by atoms with Crippen LogP contribution in [0.25, 0.3) is 0 Å². The van der Waals surface area contributed by atoms with Crippen LogP contribution < -0.4 is 22.6 Å². The lowest BCUT2D eigenvalue weighted by molar-refractivity contribution is -0.786. The summed E-state index contributed by atoms with van der Waals surface area (Å²) >= 11 is 1.44. The Kier molecular flexibility index (Phi) is 5.34. The second-order valence-corrected chi connectivity index (χ2v) is 4.96. The van der Waals surface area contributed by atoms with Gasteiger partial charge >= 0.3 is 0 Å². The van der Waals surface area contributed by atoms with Crippen LogP contribution in [-0.2, 0) is 0 Å². The molecule has 0 saturated carbocycles. The summed E-state index contributed by atoms with van der Waals surface area (Å²) in [5, 5.41) is 4.77. The summed E-state index contributed by atoms with van der Waals surface area (Å²) in [5.41, 5.74) is 2.02. The lowest BCUT2D eigenvalue weighted by atomic mass is 10.2. The summed E-state index contributed by atoms with van der Waals surface area (Å²) in [5.74, 6) is -0.0510. The van der Waals surface area contributed by atoms with Gasteiger partial charge in [0, 0.05) is 17.8 Å². The van der Waals surface area contributed by atoms with E-state index in [2.05, 4.69) is 19.4 Å². The van der Waals surface area contributed by atoms with E-state index in [1.165, 1.54) is 21.9 Å². The molecule has 0 aliphatic carbocycles. The largest absolute Gasteiger partial charge is 1.00 e. The van der Waals surface area contributed by atoms with Gasteiger partial charge in [-0.1, -0.05) is 6.07 Å². The molecule has 1 aromatic carbocycles. The first kappa shape index (κ1) is 14.7. The predicted octanol–water partition coefficient (Wildman–Crippen LogP) is -1.22. The van der Waals surface area contributed by atoms with Crippen LogP contribution >= 0.6 is 11.3 Å². The summed E-state index contributed by atoms with van der Waals surface area (Å²) in [6.07, 6.45) is 0. The molecule has 0 saturated heterocycles. The molecule has 2 rings (SSSR count). The fourth-order valence-corrected chi connectivity index (χ4v) is 2.11. The fourth-order valence-electron chi connectivity index (χ4n) is 1.49. The number of anilines is 1. The molecule has 0 bridgehead atoms. The minimum atomic E-state index is -0.0510. The second-order valence-electron chi connectivity index (χ2n) is 4.01. The van der Waals surface area contributed by atoms with Gasteiger partial charge in [0.15, 0.2) is 0 Å². The lowest BCUT2D eigenvalue weighted by Crippen LogP contribution is -3.00. The van der Waals surface area contributed by atoms with Gasteiger partial charge in [-0.2, -0.15) is 0 Å². The Balaban J connectivity index is 0.00000162. The Hall–Kier alpha value is -1.36. The summed E-state index contributed by atoms with van der Waals surface area (Å²) in [6.45, 7) is 0. The van der Waals surface area contributed by atoms with Crippen molar-refractivity contribution in [3.05, 3.63) is 46.7 Å². The highest BCUT2D eigenvalue weighted by molar-refractivity contribution is 7.12. The third-order valence-corrected chi connectivity index (χ3v) is 3.33. The van der Waals surface area contributed by atoms with Gasteiger partial charge in [0.1, 0.15) is 5.69 Å². The number of halogens is 1. The van der Waals surface area contributed by atoms with E-state index in [0.29, 0.717) is 0 Å². The zero-order valence-corrected chi connectivity index (χ0v) is 11.8. The summed E-state index contributed by atoms with van der Waals surface area (Å²) in [4.78, 5) is 13.8. The highest BCUT2D eigenvalue weighted by Gasteiger charge is 2.07. The average molecular weight is 283 g/mol. The highest BCUT2D eigenvalue weighted by Crippen LogP contribution is 2.14. The second kappa shape index (κ2) is 6.54. The molecule has 1 amide bonds. The number of nitrogens with one attached hydrogen (secondary N) is 2. The normalized spacial score (nSPS) is 9.94. The minimum absolute atomic E-state index is 0. The number of carbonyl (C=O) groups excluding carboxylic acids is 1. The molecule has 3 nitrogen and oxygen atoms in total. The van der Waals surface area contributed by atoms with E-state index >= 15 is 0 Å². The first-order valence-electron chi connectivity index (χ1n) is 5.42. The van der Waals surface area contributed by atoms with Gasteiger partial charge in [-0.3, -0.25) is 4.79 Å². The number of rotatable bonds is 3. The van der Waals surface area contributed by atoms with Gasteiger partial charge < -0.3 is 22.6 Å². The molecule has 2 aromatic rings. The van der Waals surface area contributed by atoms with Crippen LogP contribution in [0.1, 0.15) is 9.67 Å². The van der Waals surface area contributed by atoms with E-state index < -0.39 is 0 Å². The quantitative estimate of drug-likeness (QED) is 0.727. The molecule has 0 radical (unpaired) electrons. The van der Waals surface area contributed by atoms with Crippen LogP contribution in [0.5, 0.6) is 0 Å². The predicted molar refractivity (Wildman–Crippen MR) is 71.2 cm³/mol. The lowest BCUT2D eigenvalue weighted by Gasteiger charge is -2.08. The number of quaternary nitrogens is 1. The molecule has 0 atom stereocenters. The number of carbonyl (C=O) groups is 1. The molecule has 0 unspecified atom stereocenters. The highest BCUT2D eigenvalue weighted by atomic mass is 35.5. The molecule has 5 heteroatoms. The third-order valence-electron chi connectivity index (χ3n) is 2.47. The molecule has 1 heterocycles. The smallest absolute Gasteiger partial charge is 0.265 e. The maximum atomic E-state index is 11.8. The van der Waals surface area contributed by atoms with Crippen LogP contribution in [-0.4, -0.2) is 20.0 Å². The van der Waals surface area contributed by atoms with Crippen molar-refractivity contribution in [2.24, 2.45) is 0 Å². The van der Waals surface area contributed by atoms with Gasteiger partial charge in [-0.15, -0.1) is 11.3 Å². The van der Waals surface area contributed by atoms with Crippen molar-refractivity contribution in [3.8, 4) is 0 Å². The van der Waals surface area contributed by atoms with Gasteiger partial charge in [0.25, 0.3) is 5.91 Å². The maximum absolute atomic E-state index is 11.8. The van der Waals surface area contributed by atoms with Crippen molar-refractivity contribution in [2.45, 2.75) is 0 Å². The molecule has 0 aliphatic rings. The Morgan fingerprint density at radius 3 is 2.33 bits per heavy atom. The standard InChI is InChI=1S/C13H14N2OS.ClH/c1-15(2)11-7-5-10(6-8-11)14-13(16)12-4-3-9-17-12;/h3-9H,1-2H3,(H,14,16);1H. The molecule has 0 spiro atoms. The van der Waals surface area contributed by atoms with Crippen LogP contribution in [0.4, 0.5) is 11.4 Å². The van der Waals surface area contributed by atoms with Crippen molar-refractivity contribution in [3.63, 3.8) is 0 Å². The van der Waals surface area contributed by atoms with Crippen LogP contribution in [0.15, 0.2) is 41.8 Å². The van der Waals surface area contributed by atoms with Gasteiger partial charge in [0.2, 0.25) is 0 Å². The summed E-state index contributed by atoms with van der Waals surface area (Å²) < 4.78 is 0. The van der Waals surface area contributed by atoms with E-state index in [1.54, 1.807) is 0 Å². The Morgan fingerprint density at radius 2 is 1.83 bits per heavy atom. The molecule has 0 aliphatic heterocycles. The van der Waals surface area contributed by atoms with Gasteiger partial charge in [-0.25, -0.2) is 0 Å². The fraction of sp³-hybridized carbons (Fsp3) is 0.154. The van der Waals surface area contributed by atoms with Crippen molar-refractivity contribution in [1.82, 2.24) is 0 Å². The number of hydrogen-bond donors (Lipinski definition) is 2. The summed E-state index contributed by atoms with van der Waals surface area (Å²) in [6, 6.07) is 11.6. The minimum Gasteiger partial charge on any atom is -1.00 e. The maximum Gasteiger partial charge on any atom is 0.265 e. The first-order valence-corrected chi connectivity index (χ1v) is 6.30. The summed E-state index contributed by atoms with van der Waals surface area (Å²) in [7, 11) is 4.14. The monoisotopic (exact) mass is 282 g/mol. The molecular formula is C13H15ClN2OS. The van der Waals surface area contributed by atoms with Crippen molar-refractivity contribution >= 4 is 28.6 Å². The van der Waals surface area contributed by atoms with Crippen molar-refractivity contribution < 1.29 is 22.1 Å². The van der Waals surface area contributed by atoms with E-state index in [-0.39, 0.29) is 18.3 Å². The Labute approximate surface area is 117 Å². The molecular weight excluding hydrogens is 268 g/mol. The van der Waals surface area contributed by atoms with Gasteiger partial charge in [-0.05, 0) is 23.6 Å².